The Bertz CT molecular complexity index is 471. The van der Waals surface area contributed by atoms with Gasteiger partial charge in [-0.3, -0.25) is 4.98 Å². The van der Waals surface area contributed by atoms with E-state index in [1.54, 1.807) is 43.8 Å². The topological polar surface area (TPSA) is 22.1 Å². The van der Waals surface area contributed by atoms with Crippen LogP contribution in [-0.2, 0) is 0 Å². The van der Waals surface area contributed by atoms with Gasteiger partial charge in [-0.15, -0.1) is 0 Å². The van der Waals surface area contributed by atoms with E-state index in [9.17, 15) is 4.39 Å². The van der Waals surface area contributed by atoms with E-state index in [2.05, 4.69) is 4.98 Å². The van der Waals surface area contributed by atoms with E-state index in [1.165, 1.54) is 6.07 Å². The Labute approximate surface area is 87.4 Å². The molecule has 1 aromatic heterocycles. The van der Waals surface area contributed by atoms with E-state index in [0.29, 0.717) is 16.9 Å². The summed E-state index contributed by atoms with van der Waals surface area (Å²) in [5.41, 5.74) is 1.17. The van der Waals surface area contributed by atoms with Crippen molar-refractivity contribution in [2.45, 2.75) is 0 Å². The summed E-state index contributed by atoms with van der Waals surface area (Å²) in [4.78, 5) is 3.96. The Morgan fingerprint density at radius 2 is 1.93 bits per heavy atom. The van der Waals surface area contributed by atoms with Gasteiger partial charge in [0.1, 0.15) is 11.6 Å². The van der Waals surface area contributed by atoms with Gasteiger partial charge in [0.2, 0.25) is 0 Å². The molecule has 1 heterocycles. The number of rotatable bonds is 2. The fourth-order valence-corrected chi connectivity index (χ4v) is 1.44. The van der Waals surface area contributed by atoms with Crippen LogP contribution in [0.3, 0.4) is 0 Å². The molecule has 15 heavy (non-hydrogen) atoms. The Morgan fingerprint density at radius 3 is 2.67 bits per heavy atom. The van der Waals surface area contributed by atoms with Crippen molar-refractivity contribution in [1.82, 2.24) is 4.98 Å². The highest BCUT2D eigenvalue weighted by Gasteiger charge is 2.08. The average molecular weight is 203 g/mol. The van der Waals surface area contributed by atoms with Gasteiger partial charge < -0.3 is 4.74 Å². The van der Waals surface area contributed by atoms with Gasteiger partial charge in [-0.05, 0) is 12.1 Å². The SMILES string of the molecule is COc1ccncc1-c1ccccc1F. The van der Waals surface area contributed by atoms with Crippen LogP contribution in [0.1, 0.15) is 0 Å². The number of hydrogen-bond donors (Lipinski definition) is 0. The van der Waals surface area contributed by atoms with Crippen LogP contribution in [0.15, 0.2) is 42.7 Å². The Morgan fingerprint density at radius 1 is 1.13 bits per heavy atom. The van der Waals surface area contributed by atoms with Crippen molar-refractivity contribution in [2.75, 3.05) is 7.11 Å². The standard InChI is InChI=1S/C12H10FNO/c1-15-12-6-7-14-8-10(12)9-4-2-3-5-11(9)13/h2-8H,1H3. The highest BCUT2D eigenvalue weighted by Crippen LogP contribution is 2.30. The van der Waals surface area contributed by atoms with Crippen molar-refractivity contribution in [2.24, 2.45) is 0 Å². The van der Waals surface area contributed by atoms with Crippen LogP contribution in [0.2, 0.25) is 0 Å². The zero-order valence-electron chi connectivity index (χ0n) is 8.27. The lowest BCUT2D eigenvalue weighted by molar-refractivity contribution is 0.415. The third-order valence-electron chi connectivity index (χ3n) is 2.17. The molecule has 0 N–H and O–H groups in total. The smallest absolute Gasteiger partial charge is 0.131 e. The van der Waals surface area contributed by atoms with Crippen LogP contribution in [0.25, 0.3) is 11.1 Å². The zero-order chi connectivity index (χ0) is 10.7. The first-order valence-electron chi connectivity index (χ1n) is 4.56. The third kappa shape index (κ3) is 1.81. The molecule has 0 saturated carbocycles. The molecule has 0 unspecified atom stereocenters. The van der Waals surface area contributed by atoms with E-state index in [1.807, 2.05) is 0 Å². The van der Waals surface area contributed by atoms with Crippen molar-refractivity contribution < 1.29 is 9.13 Å². The molecule has 0 spiro atoms. The van der Waals surface area contributed by atoms with Crippen molar-refractivity contribution >= 4 is 0 Å². The molecule has 0 aliphatic rings. The van der Waals surface area contributed by atoms with Crippen LogP contribution in [0.4, 0.5) is 4.39 Å². The average Bonchev–Trinajstić information content (AvgIpc) is 2.30. The van der Waals surface area contributed by atoms with Gasteiger partial charge in [0, 0.05) is 23.5 Å². The second-order valence-electron chi connectivity index (χ2n) is 3.06. The second-order valence-corrected chi connectivity index (χ2v) is 3.06. The molecule has 1 aromatic carbocycles. The monoisotopic (exact) mass is 203 g/mol. The number of methoxy groups -OCH3 is 1. The van der Waals surface area contributed by atoms with Gasteiger partial charge in [-0.1, -0.05) is 18.2 Å². The summed E-state index contributed by atoms with van der Waals surface area (Å²) in [6.07, 6.45) is 3.21. The fraction of sp³-hybridized carbons (Fsp3) is 0.0833. The molecule has 2 rings (SSSR count). The fourth-order valence-electron chi connectivity index (χ4n) is 1.44. The molecule has 0 bridgehead atoms. The summed E-state index contributed by atoms with van der Waals surface area (Å²) in [5.74, 6) is 0.346. The van der Waals surface area contributed by atoms with E-state index in [0.717, 1.165) is 0 Å². The minimum absolute atomic E-state index is 0.274. The van der Waals surface area contributed by atoms with Crippen molar-refractivity contribution in [1.29, 1.82) is 0 Å². The molecule has 3 heteroatoms. The summed E-state index contributed by atoms with van der Waals surface area (Å²) in [6.45, 7) is 0. The summed E-state index contributed by atoms with van der Waals surface area (Å²) in [5, 5.41) is 0. The first kappa shape index (κ1) is 9.65. The molecular formula is C12H10FNO. The molecular weight excluding hydrogens is 193 g/mol. The number of pyridine rings is 1. The van der Waals surface area contributed by atoms with Crippen molar-refractivity contribution in [3.05, 3.63) is 48.5 Å². The maximum absolute atomic E-state index is 13.5. The van der Waals surface area contributed by atoms with Gasteiger partial charge in [0.05, 0.1) is 7.11 Å². The normalized spacial score (nSPS) is 10.0. The van der Waals surface area contributed by atoms with Crippen LogP contribution < -0.4 is 4.74 Å². The number of hydrogen-bond acceptors (Lipinski definition) is 2. The zero-order valence-corrected chi connectivity index (χ0v) is 8.27. The summed E-state index contributed by atoms with van der Waals surface area (Å²) >= 11 is 0. The van der Waals surface area contributed by atoms with E-state index >= 15 is 0 Å². The van der Waals surface area contributed by atoms with Gasteiger partial charge in [0.25, 0.3) is 0 Å². The molecule has 0 saturated heterocycles. The van der Waals surface area contributed by atoms with Gasteiger partial charge in [-0.25, -0.2) is 4.39 Å². The largest absolute Gasteiger partial charge is 0.496 e. The lowest BCUT2D eigenvalue weighted by Gasteiger charge is -2.07. The van der Waals surface area contributed by atoms with Gasteiger partial charge >= 0.3 is 0 Å². The third-order valence-corrected chi connectivity index (χ3v) is 2.17. The number of nitrogens with zero attached hydrogens (tertiary/aromatic N) is 1. The lowest BCUT2D eigenvalue weighted by atomic mass is 10.1. The Balaban J connectivity index is 2.59. The summed E-state index contributed by atoms with van der Waals surface area (Å²) in [6, 6.07) is 8.27. The molecule has 0 aliphatic heterocycles. The maximum Gasteiger partial charge on any atom is 0.131 e. The minimum Gasteiger partial charge on any atom is -0.496 e. The van der Waals surface area contributed by atoms with E-state index < -0.39 is 0 Å². The molecule has 0 atom stereocenters. The van der Waals surface area contributed by atoms with Gasteiger partial charge in [0.15, 0.2) is 0 Å². The molecule has 76 valence electrons. The molecule has 2 nitrogen and oxygen atoms in total. The number of benzene rings is 1. The van der Waals surface area contributed by atoms with Crippen LogP contribution in [0, 0.1) is 5.82 Å². The quantitative estimate of drug-likeness (QED) is 0.748. The molecule has 2 aromatic rings. The summed E-state index contributed by atoms with van der Waals surface area (Å²) in [7, 11) is 1.56. The second kappa shape index (κ2) is 4.09. The molecule has 0 amide bonds. The Kier molecular flexibility index (Phi) is 2.63. The summed E-state index contributed by atoms with van der Waals surface area (Å²) < 4.78 is 18.7. The molecule has 0 fully saturated rings. The van der Waals surface area contributed by atoms with Crippen LogP contribution in [-0.4, -0.2) is 12.1 Å². The number of ether oxygens (including phenoxy) is 1. The predicted molar refractivity (Wildman–Crippen MR) is 56.2 cm³/mol. The first-order chi connectivity index (χ1) is 7.33. The van der Waals surface area contributed by atoms with Crippen LogP contribution >= 0.6 is 0 Å². The highest BCUT2D eigenvalue weighted by molar-refractivity contribution is 5.69. The van der Waals surface area contributed by atoms with Crippen molar-refractivity contribution in [3.8, 4) is 16.9 Å². The number of aromatic nitrogens is 1. The minimum atomic E-state index is -0.274. The number of halogens is 1. The highest BCUT2D eigenvalue weighted by atomic mass is 19.1. The molecule has 0 aliphatic carbocycles. The van der Waals surface area contributed by atoms with Crippen LogP contribution in [0.5, 0.6) is 5.75 Å². The first-order valence-corrected chi connectivity index (χ1v) is 4.56. The molecule has 0 radical (unpaired) electrons. The Hall–Kier alpha value is -1.90. The van der Waals surface area contributed by atoms with Crippen molar-refractivity contribution in [3.63, 3.8) is 0 Å². The lowest BCUT2D eigenvalue weighted by Crippen LogP contribution is -1.90. The van der Waals surface area contributed by atoms with Gasteiger partial charge in [-0.2, -0.15) is 0 Å². The predicted octanol–water partition coefficient (Wildman–Crippen LogP) is 2.90. The van der Waals surface area contributed by atoms with E-state index in [-0.39, 0.29) is 5.82 Å². The maximum atomic E-state index is 13.5. The van der Waals surface area contributed by atoms with E-state index in [4.69, 9.17) is 4.74 Å².